The van der Waals surface area contributed by atoms with Gasteiger partial charge < -0.3 is 15.6 Å². The summed E-state index contributed by atoms with van der Waals surface area (Å²) in [6, 6.07) is 3.71. The number of allylic oxidation sites excluding steroid dienone is 1. The molecule has 7 nitrogen and oxygen atoms in total. The van der Waals surface area contributed by atoms with Crippen molar-refractivity contribution in [2.75, 3.05) is 11.9 Å². The quantitative estimate of drug-likeness (QED) is 0.572. The number of pyridine rings is 1. The summed E-state index contributed by atoms with van der Waals surface area (Å²) in [7, 11) is 0. The summed E-state index contributed by atoms with van der Waals surface area (Å²) in [5.74, 6) is 0.0784. The van der Waals surface area contributed by atoms with Crippen LogP contribution in [0.1, 0.15) is 31.5 Å². The number of aromatic nitrogens is 4. The monoisotopic (exact) mass is 430 g/mol. The largest absolute Gasteiger partial charge is 0.405 e. The molecule has 162 valence electrons. The van der Waals surface area contributed by atoms with E-state index in [-0.39, 0.29) is 0 Å². The van der Waals surface area contributed by atoms with E-state index < -0.39 is 24.2 Å². The highest BCUT2D eigenvalue weighted by molar-refractivity contribution is 5.92. The first-order chi connectivity index (χ1) is 14.6. The summed E-state index contributed by atoms with van der Waals surface area (Å²) in [6.45, 7) is 1.64. The molecule has 4 rings (SSSR count). The van der Waals surface area contributed by atoms with Crippen LogP contribution in [0.25, 0.3) is 28.5 Å². The van der Waals surface area contributed by atoms with Crippen LogP contribution in [0.3, 0.4) is 0 Å². The maximum absolute atomic E-state index is 12.5. The summed E-state index contributed by atoms with van der Waals surface area (Å²) >= 11 is 0. The molecule has 3 aromatic rings. The van der Waals surface area contributed by atoms with E-state index in [9.17, 15) is 18.0 Å². The number of H-pyrrole nitrogens is 1. The summed E-state index contributed by atoms with van der Waals surface area (Å²) < 4.78 is 37.6. The maximum Gasteiger partial charge on any atom is 0.405 e. The Labute approximate surface area is 176 Å². The van der Waals surface area contributed by atoms with Gasteiger partial charge in [0.05, 0.1) is 5.69 Å². The van der Waals surface area contributed by atoms with E-state index in [1.807, 2.05) is 29.6 Å². The van der Waals surface area contributed by atoms with Crippen molar-refractivity contribution in [2.24, 2.45) is 0 Å². The Hall–Kier alpha value is -3.43. The van der Waals surface area contributed by atoms with Gasteiger partial charge in [0.2, 0.25) is 5.91 Å². The highest BCUT2D eigenvalue weighted by Crippen LogP contribution is 2.31. The van der Waals surface area contributed by atoms with Crippen molar-refractivity contribution in [1.29, 1.82) is 0 Å². The molecule has 0 aliphatic heterocycles. The Morgan fingerprint density at radius 3 is 2.84 bits per heavy atom. The molecule has 0 aromatic carbocycles. The number of anilines is 1. The molecular weight excluding hydrogens is 409 g/mol. The van der Waals surface area contributed by atoms with Crippen LogP contribution in [-0.4, -0.2) is 44.1 Å². The molecule has 0 atom stereocenters. The molecule has 0 saturated heterocycles. The fraction of sp³-hybridized carbons (Fsp3) is 0.333. The van der Waals surface area contributed by atoms with Gasteiger partial charge in [-0.3, -0.25) is 4.79 Å². The molecule has 0 fully saturated rings. The highest BCUT2D eigenvalue weighted by atomic mass is 19.4. The van der Waals surface area contributed by atoms with Gasteiger partial charge in [0.15, 0.2) is 5.82 Å². The summed E-state index contributed by atoms with van der Waals surface area (Å²) in [4.78, 5) is 29.1. The lowest BCUT2D eigenvalue weighted by atomic mass is 9.99. The molecular formula is C21H21F3N6O. The normalized spacial score (nSPS) is 13.8. The first-order valence-corrected chi connectivity index (χ1v) is 9.77. The van der Waals surface area contributed by atoms with E-state index in [0.717, 1.165) is 22.9 Å². The minimum Gasteiger partial charge on any atom is -0.356 e. The summed E-state index contributed by atoms with van der Waals surface area (Å²) in [5.41, 5.74) is 1.64. The van der Waals surface area contributed by atoms with E-state index >= 15 is 0 Å². The predicted octanol–water partition coefficient (Wildman–Crippen LogP) is 3.85. The molecule has 0 spiro atoms. The zero-order chi connectivity index (χ0) is 22.2. The molecule has 31 heavy (non-hydrogen) atoms. The van der Waals surface area contributed by atoms with Crippen molar-refractivity contribution in [3.8, 4) is 11.4 Å². The van der Waals surface area contributed by atoms with Crippen LogP contribution in [0.15, 0.2) is 30.6 Å². The van der Waals surface area contributed by atoms with E-state index in [0.29, 0.717) is 29.4 Å². The van der Waals surface area contributed by atoms with Crippen molar-refractivity contribution in [3.63, 3.8) is 0 Å². The number of halogens is 3. The van der Waals surface area contributed by atoms with E-state index in [1.165, 1.54) is 13.8 Å². The molecule has 0 bridgehead atoms. The fourth-order valence-electron chi connectivity index (χ4n) is 3.43. The van der Waals surface area contributed by atoms with Gasteiger partial charge in [-0.25, -0.2) is 15.0 Å². The van der Waals surface area contributed by atoms with Gasteiger partial charge in [0, 0.05) is 28.9 Å². The molecule has 1 amide bonds. The van der Waals surface area contributed by atoms with E-state index in [2.05, 4.69) is 25.3 Å². The third-order valence-electron chi connectivity index (χ3n) is 5.02. The second kappa shape index (κ2) is 7.68. The lowest BCUT2D eigenvalue weighted by Gasteiger charge is -2.28. The van der Waals surface area contributed by atoms with Gasteiger partial charge >= 0.3 is 6.18 Å². The van der Waals surface area contributed by atoms with Crippen LogP contribution in [0.5, 0.6) is 0 Å². The van der Waals surface area contributed by atoms with E-state index in [1.54, 1.807) is 12.4 Å². The van der Waals surface area contributed by atoms with Crippen molar-refractivity contribution < 1.29 is 18.0 Å². The number of aromatic amines is 1. The van der Waals surface area contributed by atoms with Crippen molar-refractivity contribution in [2.45, 2.75) is 38.4 Å². The number of alkyl halides is 3. The molecule has 3 aromatic heterocycles. The third kappa shape index (κ3) is 4.37. The predicted molar refractivity (Wildman–Crippen MR) is 111 cm³/mol. The number of rotatable bonds is 5. The average molecular weight is 430 g/mol. The zero-order valence-corrected chi connectivity index (χ0v) is 17.0. The number of hydrogen-bond donors (Lipinski definition) is 3. The van der Waals surface area contributed by atoms with Gasteiger partial charge in [-0.15, -0.1) is 0 Å². The Bertz CT molecular complexity index is 1170. The SMILES string of the molecule is CC(C)(Nc1nc(-c2c[nH]c3ncccc23)nc2c1CCC=C2)C(=O)NCC(F)(F)F. The maximum atomic E-state index is 12.5. The fourth-order valence-corrected chi connectivity index (χ4v) is 3.43. The molecule has 3 N–H and O–H groups in total. The molecule has 0 unspecified atom stereocenters. The van der Waals surface area contributed by atoms with Gasteiger partial charge in [-0.05, 0) is 44.9 Å². The number of fused-ring (bicyclic) bond motifs is 2. The Kier molecular flexibility index (Phi) is 5.16. The Morgan fingerprint density at radius 1 is 1.26 bits per heavy atom. The molecule has 3 heterocycles. The number of nitrogens with zero attached hydrogens (tertiary/aromatic N) is 3. The van der Waals surface area contributed by atoms with Gasteiger partial charge in [-0.1, -0.05) is 6.08 Å². The van der Waals surface area contributed by atoms with Crippen LogP contribution in [-0.2, 0) is 11.2 Å². The molecule has 1 aliphatic rings. The second-order valence-electron chi connectivity index (χ2n) is 7.85. The number of carbonyl (C=O) groups is 1. The molecule has 0 saturated carbocycles. The molecule has 10 heteroatoms. The van der Waals surface area contributed by atoms with E-state index in [4.69, 9.17) is 0 Å². The smallest absolute Gasteiger partial charge is 0.356 e. The number of nitrogens with one attached hydrogen (secondary N) is 3. The minimum atomic E-state index is -4.48. The minimum absolute atomic E-state index is 0.426. The standard InChI is InChI=1S/C21H21F3N6O/c1-20(2,19(31)27-11-21(22,23)24)30-18-13-6-3-4-8-15(13)28-17(29-18)14-10-26-16-12(14)7-5-9-25-16/h4-5,7-10H,3,6,11H2,1-2H3,(H,25,26)(H,27,31)(H,28,29,30). The van der Waals surface area contributed by atoms with Gasteiger partial charge in [-0.2, -0.15) is 13.2 Å². The van der Waals surface area contributed by atoms with Crippen molar-refractivity contribution in [1.82, 2.24) is 25.3 Å². The number of hydrogen-bond acceptors (Lipinski definition) is 5. The zero-order valence-electron chi connectivity index (χ0n) is 17.0. The third-order valence-corrected chi connectivity index (χ3v) is 5.02. The molecule has 1 aliphatic carbocycles. The summed E-state index contributed by atoms with van der Waals surface area (Å²) in [6.07, 6.45) is 4.28. The lowest BCUT2D eigenvalue weighted by molar-refractivity contribution is -0.140. The second-order valence-corrected chi connectivity index (χ2v) is 7.85. The number of carbonyl (C=O) groups excluding carboxylic acids is 1. The highest BCUT2D eigenvalue weighted by Gasteiger charge is 2.34. The van der Waals surface area contributed by atoms with Crippen LogP contribution in [0, 0.1) is 0 Å². The Balaban J connectivity index is 1.71. The Morgan fingerprint density at radius 2 is 2.06 bits per heavy atom. The molecule has 0 radical (unpaired) electrons. The van der Waals surface area contributed by atoms with Crippen molar-refractivity contribution in [3.05, 3.63) is 41.9 Å². The lowest BCUT2D eigenvalue weighted by Crippen LogP contribution is -2.50. The average Bonchev–Trinajstić information content (AvgIpc) is 3.15. The van der Waals surface area contributed by atoms with Crippen LogP contribution < -0.4 is 10.6 Å². The van der Waals surface area contributed by atoms with Gasteiger partial charge in [0.1, 0.15) is 23.5 Å². The first kappa shape index (κ1) is 20.8. The first-order valence-electron chi connectivity index (χ1n) is 9.77. The van der Waals surface area contributed by atoms with Crippen LogP contribution >= 0.6 is 0 Å². The van der Waals surface area contributed by atoms with Gasteiger partial charge in [0.25, 0.3) is 0 Å². The number of amides is 1. The summed E-state index contributed by atoms with van der Waals surface area (Å²) in [5, 5.41) is 5.82. The van der Waals surface area contributed by atoms with Crippen molar-refractivity contribution >= 4 is 28.8 Å². The topological polar surface area (TPSA) is 95.6 Å². The van der Waals surface area contributed by atoms with Crippen LogP contribution in [0.2, 0.25) is 0 Å². The van der Waals surface area contributed by atoms with Crippen LogP contribution in [0.4, 0.5) is 19.0 Å².